The van der Waals surface area contributed by atoms with Crippen LogP contribution in [0.4, 0.5) is 0 Å². The van der Waals surface area contributed by atoms with E-state index >= 15 is 0 Å². The predicted molar refractivity (Wildman–Crippen MR) is 133 cm³/mol. The Bertz CT molecular complexity index is 397. The Labute approximate surface area is 188 Å². The molecule has 0 amide bonds. The van der Waals surface area contributed by atoms with Gasteiger partial charge in [-0.05, 0) is 38.5 Å². The predicted octanol–water partition coefficient (Wildman–Crippen LogP) is 9.79. The van der Waals surface area contributed by atoms with Crippen LogP contribution in [0.25, 0.3) is 0 Å². The summed E-state index contributed by atoms with van der Waals surface area (Å²) in [5.74, 6) is -0.694. The molecule has 176 valence electrons. The van der Waals surface area contributed by atoms with Crippen molar-refractivity contribution in [3.8, 4) is 0 Å². The van der Waals surface area contributed by atoms with Crippen LogP contribution in [0.3, 0.4) is 0 Å². The highest BCUT2D eigenvalue weighted by molar-refractivity contribution is 5.66. The van der Waals surface area contributed by atoms with Crippen LogP contribution in [-0.2, 0) is 4.79 Å². The van der Waals surface area contributed by atoms with Gasteiger partial charge in [0.25, 0.3) is 0 Å². The molecule has 0 aliphatic heterocycles. The van der Waals surface area contributed by atoms with Crippen LogP contribution in [0, 0.1) is 0 Å². The summed E-state index contributed by atoms with van der Waals surface area (Å²) in [6.07, 6.45) is 37.1. The van der Waals surface area contributed by atoms with E-state index in [0.717, 1.165) is 25.7 Å². The largest absolute Gasteiger partial charge is 0.481 e. The van der Waals surface area contributed by atoms with E-state index in [9.17, 15) is 4.79 Å². The molecule has 0 unspecified atom stereocenters. The lowest BCUT2D eigenvalue weighted by atomic mass is 10.0. The average molecular weight is 421 g/mol. The molecule has 0 aromatic carbocycles. The van der Waals surface area contributed by atoms with Crippen LogP contribution in [0.2, 0.25) is 0 Å². The maximum atomic E-state index is 10.4. The molecule has 0 radical (unpaired) electrons. The lowest BCUT2D eigenvalue weighted by Gasteiger charge is -2.03. The summed E-state index contributed by atoms with van der Waals surface area (Å²) >= 11 is 0. The van der Waals surface area contributed by atoms with Gasteiger partial charge in [0, 0.05) is 6.42 Å². The third kappa shape index (κ3) is 27.0. The first kappa shape index (κ1) is 28.9. The third-order valence-electron chi connectivity index (χ3n) is 5.82. The van der Waals surface area contributed by atoms with Gasteiger partial charge in [0.15, 0.2) is 0 Å². The number of carboxylic acid groups (broad SMARTS) is 1. The minimum atomic E-state index is -0.694. The number of carbonyl (C=O) groups is 1. The second-order valence-corrected chi connectivity index (χ2v) is 8.90. The zero-order valence-electron chi connectivity index (χ0n) is 20.2. The van der Waals surface area contributed by atoms with Gasteiger partial charge in [-0.2, -0.15) is 0 Å². The molecular formula is C28H52O2. The van der Waals surface area contributed by atoms with E-state index in [-0.39, 0.29) is 6.42 Å². The van der Waals surface area contributed by atoms with Crippen molar-refractivity contribution in [2.45, 2.75) is 148 Å². The topological polar surface area (TPSA) is 37.3 Å². The Morgan fingerprint density at radius 1 is 0.500 bits per heavy atom. The first-order chi connectivity index (χ1) is 14.8. The van der Waals surface area contributed by atoms with Crippen LogP contribution in [0.5, 0.6) is 0 Å². The number of rotatable bonds is 24. The number of hydrogen-bond donors (Lipinski definition) is 1. The molecule has 0 aliphatic carbocycles. The maximum absolute atomic E-state index is 10.4. The van der Waals surface area contributed by atoms with Gasteiger partial charge in [-0.25, -0.2) is 0 Å². The maximum Gasteiger partial charge on any atom is 0.303 e. The van der Waals surface area contributed by atoms with Gasteiger partial charge in [-0.3, -0.25) is 4.79 Å². The van der Waals surface area contributed by atoms with Crippen molar-refractivity contribution in [3.63, 3.8) is 0 Å². The number of aliphatic carboxylic acids is 1. The van der Waals surface area contributed by atoms with Gasteiger partial charge in [-0.15, -0.1) is 0 Å². The molecular weight excluding hydrogens is 368 g/mol. The molecule has 0 fully saturated rings. The fourth-order valence-corrected chi connectivity index (χ4v) is 3.85. The first-order valence-electron chi connectivity index (χ1n) is 13.3. The molecule has 2 nitrogen and oxygen atoms in total. The molecule has 30 heavy (non-hydrogen) atoms. The van der Waals surface area contributed by atoms with Crippen molar-refractivity contribution in [3.05, 3.63) is 24.3 Å². The lowest BCUT2D eigenvalue weighted by molar-refractivity contribution is -0.137. The third-order valence-corrected chi connectivity index (χ3v) is 5.82. The Balaban J connectivity index is 3.13. The summed E-state index contributed by atoms with van der Waals surface area (Å²) in [4.78, 5) is 10.4. The zero-order chi connectivity index (χ0) is 22.0. The quantitative estimate of drug-likeness (QED) is 0.125. The van der Waals surface area contributed by atoms with Gasteiger partial charge in [-0.1, -0.05) is 128 Å². The lowest BCUT2D eigenvalue weighted by Crippen LogP contribution is -1.92. The second kappa shape index (κ2) is 26.0. The molecule has 0 rings (SSSR count). The van der Waals surface area contributed by atoms with E-state index < -0.39 is 5.97 Å². The highest BCUT2D eigenvalue weighted by Gasteiger charge is 1.95. The Morgan fingerprint density at radius 2 is 0.833 bits per heavy atom. The fourth-order valence-electron chi connectivity index (χ4n) is 3.85. The number of hydrogen-bond acceptors (Lipinski definition) is 1. The number of unbranched alkanes of at least 4 members (excludes halogenated alkanes) is 18. The minimum Gasteiger partial charge on any atom is -0.481 e. The molecule has 0 aromatic heterocycles. The molecule has 1 N–H and O–H groups in total. The van der Waals surface area contributed by atoms with Crippen molar-refractivity contribution < 1.29 is 9.90 Å². The van der Waals surface area contributed by atoms with Crippen LogP contribution in [-0.4, -0.2) is 11.1 Å². The van der Waals surface area contributed by atoms with E-state index in [1.165, 1.54) is 109 Å². The summed E-state index contributed by atoms with van der Waals surface area (Å²) in [6.45, 7) is 2.29. The Morgan fingerprint density at radius 3 is 1.23 bits per heavy atom. The molecule has 0 saturated carbocycles. The smallest absolute Gasteiger partial charge is 0.303 e. The highest BCUT2D eigenvalue weighted by Crippen LogP contribution is 2.14. The normalized spacial score (nSPS) is 11.8. The number of allylic oxidation sites excluding steroid dienone is 4. The van der Waals surface area contributed by atoms with Gasteiger partial charge in [0.1, 0.15) is 0 Å². The van der Waals surface area contributed by atoms with Crippen molar-refractivity contribution in [2.75, 3.05) is 0 Å². The van der Waals surface area contributed by atoms with Crippen LogP contribution in [0.1, 0.15) is 148 Å². The molecule has 0 spiro atoms. The minimum absolute atomic E-state index is 0.281. The van der Waals surface area contributed by atoms with Gasteiger partial charge in [0.2, 0.25) is 0 Å². The Hall–Kier alpha value is -1.05. The Kier molecular flexibility index (Phi) is 25.1. The van der Waals surface area contributed by atoms with E-state index in [1.54, 1.807) is 0 Å². The van der Waals surface area contributed by atoms with E-state index in [4.69, 9.17) is 5.11 Å². The summed E-state index contributed by atoms with van der Waals surface area (Å²) in [6, 6.07) is 0. The average Bonchev–Trinajstić information content (AvgIpc) is 2.73. The van der Waals surface area contributed by atoms with Gasteiger partial charge in [0.05, 0.1) is 0 Å². The van der Waals surface area contributed by atoms with E-state index in [0.29, 0.717) is 0 Å². The molecule has 0 bridgehead atoms. The van der Waals surface area contributed by atoms with E-state index in [1.807, 2.05) is 0 Å². The van der Waals surface area contributed by atoms with Crippen molar-refractivity contribution >= 4 is 5.97 Å². The summed E-state index contributed by atoms with van der Waals surface area (Å²) in [5.41, 5.74) is 0. The zero-order valence-corrected chi connectivity index (χ0v) is 20.2. The first-order valence-corrected chi connectivity index (χ1v) is 13.3. The summed E-state index contributed by atoms with van der Waals surface area (Å²) < 4.78 is 0. The monoisotopic (exact) mass is 420 g/mol. The number of carboxylic acids is 1. The van der Waals surface area contributed by atoms with E-state index in [2.05, 4.69) is 31.2 Å². The van der Waals surface area contributed by atoms with Crippen LogP contribution < -0.4 is 0 Å². The highest BCUT2D eigenvalue weighted by atomic mass is 16.4. The molecule has 0 aliphatic rings. The SMILES string of the molecule is CCCCCCCCCCCCCCCCCC/C=C/CC/C=C/CCCC(=O)O. The van der Waals surface area contributed by atoms with Crippen molar-refractivity contribution in [1.82, 2.24) is 0 Å². The molecule has 0 heterocycles. The van der Waals surface area contributed by atoms with Crippen LogP contribution >= 0.6 is 0 Å². The second-order valence-electron chi connectivity index (χ2n) is 8.90. The molecule has 2 heteroatoms. The van der Waals surface area contributed by atoms with Crippen molar-refractivity contribution in [2.24, 2.45) is 0 Å². The molecule has 0 saturated heterocycles. The summed E-state index contributed by atoms with van der Waals surface area (Å²) in [5, 5.41) is 8.56. The van der Waals surface area contributed by atoms with Gasteiger partial charge >= 0.3 is 5.97 Å². The molecule has 0 aromatic rings. The molecule has 0 atom stereocenters. The van der Waals surface area contributed by atoms with Crippen LogP contribution in [0.15, 0.2) is 24.3 Å². The fraction of sp³-hybridized carbons (Fsp3) is 0.821. The standard InChI is InChI=1S/C28H52O2/c1-2-3-4-5-6-7-8-9-10-11-12-13-14-15-16-17-18-19-20-21-22-23-24-25-26-27-28(29)30/h19-20,23-24H,2-18,21-22,25-27H2,1H3,(H,29,30)/b20-19+,24-23+. The van der Waals surface area contributed by atoms with Crippen molar-refractivity contribution in [1.29, 1.82) is 0 Å². The van der Waals surface area contributed by atoms with Gasteiger partial charge < -0.3 is 5.11 Å². The summed E-state index contributed by atoms with van der Waals surface area (Å²) in [7, 11) is 0.